The molecular weight excluding hydrogens is 566 g/mol. The van der Waals surface area contributed by atoms with Crippen LogP contribution in [0.3, 0.4) is 0 Å². The second kappa shape index (κ2) is 12.6. The topological polar surface area (TPSA) is 88.5 Å². The predicted octanol–water partition coefficient (Wildman–Crippen LogP) is 5.98. The highest BCUT2D eigenvalue weighted by Crippen LogP contribution is 2.41. The molecule has 4 aromatic rings. The number of methoxy groups -OCH3 is 2. The maximum atomic E-state index is 14.2. The Morgan fingerprint density at radius 1 is 0.778 bits per heavy atom. The van der Waals surface area contributed by atoms with Gasteiger partial charge in [0, 0.05) is 11.3 Å². The summed E-state index contributed by atoms with van der Waals surface area (Å²) in [5, 5.41) is 6.30. The number of β-lactam (4-membered cyclic amide) rings is 1. The molecule has 226 valence electrons. The van der Waals surface area contributed by atoms with Crippen LogP contribution in [0.5, 0.6) is 5.75 Å². The minimum absolute atomic E-state index is 0.0486. The van der Waals surface area contributed by atoms with E-state index in [1.807, 2.05) is 116 Å². The van der Waals surface area contributed by atoms with E-state index in [4.69, 9.17) is 9.47 Å². The van der Waals surface area contributed by atoms with Crippen molar-refractivity contribution in [1.29, 1.82) is 0 Å². The van der Waals surface area contributed by atoms with Crippen molar-refractivity contribution in [3.8, 4) is 5.75 Å². The number of rotatable bonds is 9. The van der Waals surface area contributed by atoms with E-state index in [1.54, 1.807) is 29.2 Å². The molecule has 0 saturated carbocycles. The number of hydrogen-bond acceptors (Lipinski definition) is 7. The van der Waals surface area contributed by atoms with E-state index in [0.29, 0.717) is 22.7 Å². The summed E-state index contributed by atoms with van der Waals surface area (Å²) in [7, 11) is 2.89. The summed E-state index contributed by atoms with van der Waals surface area (Å²) in [6, 6.07) is 32.3. The molecule has 0 unspecified atom stereocenters. The average molecular weight is 600 g/mol. The number of anilines is 2. The Hall–Kier alpha value is -5.50. The first kappa shape index (κ1) is 29.6. The number of aryl methyl sites for hydroxylation is 1. The van der Waals surface area contributed by atoms with E-state index in [9.17, 15) is 14.4 Å². The lowest BCUT2D eigenvalue weighted by molar-refractivity contribution is -0.133. The van der Waals surface area contributed by atoms with E-state index >= 15 is 0 Å². The molecule has 2 aliphatic rings. The van der Waals surface area contributed by atoms with Gasteiger partial charge in [-0.3, -0.25) is 14.6 Å². The lowest BCUT2D eigenvalue weighted by Crippen LogP contribution is -2.59. The van der Waals surface area contributed by atoms with Crippen molar-refractivity contribution in [2.45, 2.75) is 24.9 Å². The highest BCUT2D eigenvalue weighted by Gasteiger charge is 2.49. The number of esters is 1. The van der Waals surface area contributed by atoms with Crippen LogP contribution >= 0.6 is 0 Å². The Bertz CT molecular complexity index is 1750. The van der Waals surface area contributed by atoms with E-state index in [2.05, 4.69) is 5.10 Å². The molecule has 0 radical (unpaired) electrons. The second-order valence-electron chi connectivity index (χ2n) is 11.0. The van der Waals surface area contributed by atoms with Gasteiger partial charge in [0.2, 0.25) is 5.91 Å². The molecule has 1 fully saturated rings. The molecule has 0 aliphatic carbocycles. The highest BCUT2D eigenvalue weighted by molar-refractivity contribution is 6.39. The van der Waals surface area contributed by atoms with Crippen LogP contribution in [0, 0.1) is 12.8 Å². The standard InChI is InChI=1S/C37H33N3O5/c1-24-14-16-28(17-15-24)40-34(35(41)26-12-8-5-9-13-26)30(33(38-40)37(43)45-3)22-23-31-32(25-10-6-4-7-11-25)36(42)39(31)27-18-20-29(44-2)21-19-27/h4-23,30-32,34H,1-3H3/t30-,31+,32-,34-/m1/s1. The van der Waals surface area contributed by atoms with Crippen molar-refractivity contribution in [2.75, 3.05) is 24.1 Å². The van der Waals surface area contributed by atoms with Gasteiger partial charge in [-0.15, -0.1) is 0 Å². The van der Waals surface area contributed by atoms with E-state index in [-0.39, 0.29) is 23.4 Å². The summed E-state index contributed by atoms with van der Waals surface area (Å²) in [6.07, 6.45) is 3.75. The number of Topliss-reactive ketones (excluding diaryl/α,β-unsaturated/α-hetero) is 1. The van der Waals surface area contributed by atoms with Crippen LogP contribution < -0.4 is 14.6 Å². The Morgan fingerprint density at radius 2 is 1.40 bits per heavy atom. The zero-order chi connectivity index (χ0) is 31.5. The average Bonchev–Trinajstić information content (AvgIpc) is 3.46. The van der Waals surface area contributed by atoms with Gasteiger partial charge in [-0.05, 0) is 48.9 Å². The van der Waals surface area contributed by atoms with Gasteiger partial charge in [0.05, 0.1) is 37.8 Å². The van der Waals surface area contributed by atoms with E-state index < -0.39 is 23.8 Å². The summed E-state index contributed by atoms with van der Waals surface area (Å²) >= 11 is 0. The van der Waals surface area contributed by atoms with Gasteiger partial charge in [0.25, 0.3) is 0 Å². The van der Waals surface area contributed by atoms with E-state index in [0.717, 1.165) is 11.1 Å². The molecule has 0 aromatic heterocycles. The van der Waals surface area contributed by atoms with Crippen LogP contribution in [0.25, 0.3) is 0 Å². The zero-order valence-corrected chi connectivity index (χ0v) is 25.2. The number of carbonyl (C=O) groups excluding carboxylic acids is 3. The monoisotopic (exact) mass is 599 g/mol. The van der Waals surface area contributed by atoms with E-state index in [1.165, 1.54) is 7.11 Å². The van der Waals surface area contributed by atoms with Gasteiger partial charge in [-0.2, -0.15) is 5.10 Å². The number of ether oxygens (including phenoxy) is 2. The van der Waals surface area contributed by atoms with Crippen LogP contribution in [0.2, 0.25) is 0 Å². The lowest BCUT2D eigenvalue weighted by atomic mass is 9.79. The molecule has 45 heavy (non-hydrogen) atoms. The zero-order valence-electron chi connectivity index (χ0n) is 25.2. The SMILES string of the molecule is COC(=O)C1=NN(c2ccc(C)cc2)[C@@H](C(=O)c2ccccc2)[C@@H]1C=C[C@H]1[C@@H](c2ccccc2)C(=O)N1c1ccc(OC)cc1. The number of hydrazone groups is 1. The summed E-state index contributed by atoms with van der Waals surface area (Å²) in [5.74, 6) is -1.38. The highest BCUT2D eigenvalue weighted by atomic mass is 16.5. The quantitative estimate of drug-likeness (QED) is 0.102. The normalized spacial score (nSPS) is 21.0. The minimum atomic E-state index is -0.860. The molecule has 8 heteroatoms. The Kier molecular flexibility index (Phi) is 8.29. The summed E-state index contributed by atoms with van der Waals surface area (Å²) < 4.78 is 10.5. The minimum Gasteiger partial charge on any atom is -0.497 e. The Morgan fingerprint density at radius 3 is 2.02 bits per heavy atom. The van der Waals surface area contributed by atoms with Crippen LogP contribution in [0.4, 0.5) is 11.4 Å². The van der Waals surface area contributed by atoms with Gasteiger partial charge in [-0.1, -0.05) is 90.5 Å². The fourth-order valence-electron chi connectivity index (χ4n) is 5.97. The van der Waals surface area contributed by atoms with Gasteiger partial charge in [0.1, 0.15) is 11.8 Å². The Labute approximate surface area is 262 Å². The largest absolute Gasteiger partial charge is 0.497 e. The number of hydrogen-bond donors (Lipinski definition) is 0. The van der Waals surface area contributed by atoms with Crippen molar-refractivity contribution in [2.24, 2.45) is 11.0 Å². The second-order valence-corrected chi connectivity index (χ2v) is 11.0. The first-order valence-corrected chi connectivity index (χ1v) is 14.7. The fraction of sp³-hybridized carbons (Fsp3) is 0.189. The number of nitrogens with zero attached hydrogens (tertiary/aromatic N) is 3. The maximum Gasteiger partial charge on any atom is 0.354 e. The molecule has 2 aliphatic heterocycles. The number of carbonyl (C=O) groups is 3. The van der Waals surface area contributed by atoms with Gasteiger partial charge in [0.15, 0.2) is 11.5 Å². The van der Waals surface area contributed by atoms with Crippen LogP contribution in [-0.2, 0) is 14.3 Å². The molecule has 0 spiro atoms. The van der Waals surface area contributed by atoms with Crippen molar-refractivity contribution < 1.29 is 23.9 Å². The molecule has 1 saturated heterocycles. The van der Waals surface area contributed by atoms with Gasteiger partial charge < -0.3 is 14.4 Å². The lowest BCUT2D eigenvalue weighted by Gasteiger charge is -2.46. The fourth-order valence-corrected chi connectivity index (χ4v) is 5.97. The third-order valence-electron chi connectivity index (χ3n) is 8.32. The van der Waals surface area contributed by atoms with Crippen molar-refractivity contribution in [1.82, 2.24) is 0 Å². The van der Waals surface area contributed by atoms with Gasteiger partial charge >= 0.3 is 5.97 Å². The summed E-state index contributed by atoms with van der Waals surface area (Å²) in [5.41, 5.74) is 3.94. The smallest absolute Gasteiger partial charge is 0.354 e. The van der Waals surface area contributed by atoms with Crippen molar-refractivity contribution >= 4 is 34.7 Å². The van der Waals surface area contributed by atoms with Gasteiger partial charge in [-0.25, -0.2) is 4.79 Å². The summed E-state index contributed by atoms with van der Waals surface area (Å²) in [4.78, 5) is 42.8. The number of benzene rings is 4. The van der Waals surface area contributed by atoms with Crippen LogP contribution in [-0.4, -0.2) is 49.7 Å². The van der Waals surface area contributed by atoms with Crippen LogP contribution in [0.15, 0.2) is 126 Å². The first-order chi connectivity index (χ1) is 21.9. The molecule has 4 aromatic carbocycles. The van der Waals surface area contributed by atoms with Crippen molar-refractivity contribution in [3.05, 3.63) is 138 Å². The maximum absolute atomic E-state index is 14.2. The molecule has 4 atom stereocenters. The number of amides is 1. The molecule has 2 heterocycles. The summed E-state index contributed by atoms with van der Waals surface area (Å²) in [6.45, 7) is 1.98. The molecule has 8 nitrogen and oxygen atoms in total. The first-order valence-electron chi connectivity index (χ1n) is 14.7. The molecule has 6 rings (SSSR count). The third-order valence-corrected chi connectivity index (χ3v) is 8.32. The predicted molar refractivity (Wildman–Crippen MR) is 174 cm³/mol. The molecule has 0 bridgehead atoms. The number of ketones is 1. The van der Waals surface area contributed by atoms with Crippen molar-refractivity contribution in [3.63, 3.8) is 0 Å². The Balaban J connectivity index is 1.43. The molecular formula is C37H33N3O5. The van der Waals surface area contributed by atoms with Crippen LogP contribution in [0.1, 0.15) is 27.4 Å². The molecule has 0 N–H and O–H groups in total. The third kappa shape index (κ3) is 5.62. The molecule has 1 amide bonds.